The molecule has 210 valence electrons. The van der Waals surface area contributed by atoms with Gasteiger partial charge in [-0.05, 0) is 42.4 Å². The van der Waals surface area contributed by atoms with Gasteiger partial charge in [-0.2, -0.15) is 4.98 Å². The lowest BCUT2D eigenvalue weighted by atomic mass is 9.59. The summed E-state index contributed by atoms with van der Waals surface area (Å²) < 4.78 is 11.0. The summed E-state index contributed by atoms with van der Waals surface area (Å²) in [5.41, 5.74) is 6.07. The first-order valence-electron chi connectivity index (χ1n) is 13.4. The first-order chi connectivity index (χ1) is 19.1. The third-order valence-electron chi connectivity index (χ3n) is 8.52. The molecule has 4 atom stereocenters. The number of carbonyl (C=O) groups excluding carboxylic acids is 3. The summed E-state index contributed by atoms with van der Waals surface area (Å²) in [7, 11) is 0. The van der Waals surface area contributed by atoms with Crippen LogP contribution < -0.4 is 5.73 Å². The molecule has 1 aliphatic heterocycles. The van der Waals surface area contributed by atoms with E-state index < -0.39 is 58.4 Å². The van der Waals surface area contributed by atoms with E-state index in [1.54, 1.807) is 6.07 Å². The van der Waals surface area contributed by atoms with E-state index in [2.05, 4.69) is 10.1 Å². The molecule has 12 nitrogen and oxygen atoms in total. The van der Waals surface area contributed by atoms with Gasteiger partial charge in [-0.1, -0.05) is 19.0 Å². The van der Waals surface area contributed by atoms with Crippen LogP contribution in [0.1, 0.15) is 43.1 Å². The van der Waals surface area contributed by atoms with Crippen LogP contribution in [0.4, 0.5) is 0 Å². The van der Waals surface area contributed by atoms with E-state index in [1.807, 2.05) is 18.7 Å². The minimum Gasteiger partial charge on any atom is -0.510 e. The molecule has 3 aliphatic carbocycles. The number of nitrogens with two attached hydrogens (primary N) is 1. The molecule has 1 amide bonds. The van der Waals surface area contributed by atoms with Crippen molar-refractivity contribution in [1.29, 1.82) is 0 Å². The number of ketones is 2. The van der Waals surface area contributed by atoms with Crippen molar-refractivity contribution in [3.8, 4) is 17.2 Å². The molecule has 40 heavy (non-hydrogen) atoms. The summed E-state index contributed by atoms with van der Waals surface area (Å²) in [5.74, 6) is -5.44. The van der Waals surface area contributed by atoms with Gasteiger partial charge in [0.25, 0.3) is 11.8 Å². The highest BCUT2D eigenvalue weighted by molar-refractivity contribution is 6.28. The van der Waals surface area contributed by atoms with Gasteiger partial charge >= 0.3 is 0 Å². The van der Waals surface area contributed by atoms with Crippen LogP contribution in [0.3, 0.4) is 0 Å². The molecule has 6 rings (SSSR count). The average molecular weight is 551 g/mol. The van der Waals surface area contributed by atoms with Crippen LogP contribution in [0.25, 0.3) is 17.2 Å². The van der Waals surface area contributed by atoms with E-state index in [9.17, 15) is 29.7 Å². The molecule has 0 bridgehead atoms. The Hall–Kier alpha value is -4.03. The highest BCUT2D eigenvalue weighted by Gasteiger charge is 2.56. The number of phenols is 1. The summed E-state index contributed by atoms with van der Waals surface area (Å²) in [6.45, 7) is 5.50. The maximum Gasteiger partial charge on any atom is 0.258 e. The number of carbonyl (C=O) groups is 3. The maximum atomic E-state index is 14.0. The van der Waals surface area contributed by atoms with Crippen LogP contribution in [-0.2, 0) is 25.5 Å². The van der Waals surface area contributed by atoms with E-state index in [0.717, 1.165) is 0 Å². The van der Waals surface area contributed by atoms with E-state index in [-0.39, 0.29) is 41.5 Å². The number of morpholine rings is 1. The van der Waals surface area contributed by atoms with Gasteiger partial charge in [-0.15, -0.1) is 0 Å². The third-order valence-corrected chi connectivity index (χ3v) is 8.52. The third kappa shape index (κ3) is 3.85. The molecule has 0 spiro atoms. The summed E-state index contributed by atoms with van der Waals surface area (Å²) in [6.07, 6.45) is 0.499. The molecule has 12 heteroatoms. The van der Waals surface area contributed by atoms with E-state index >= 15 is 0 Å². The summed E-state index contributed by atoms with van der Waals surface area (Å²) in [5, 5.41) is 37.4. The lowest BCUT2D eigenvalue weighted by Gasteiger charge is -2.48. The summed E-state index contributed by atoms with van der Waals surface area (Å²) in [6, 6.07) is 2.22. The minimum atomic E-state index is -1.31. The van der Waals surface area contributed by atoms with Crippen LogP contribution in [0, 0.1) is 17.8 Å². The second-order valence-electron chi connectivity index (χ2n) is 11.1. The van der Waals surface area contributed by atoms with E-state index in [1.165, 1.54) is 6.07 Å². The van der Waals surface area contributed by atoms with Gasteiger partial charge < -0.3 is 30.3 Å². The number of aliphatic hydroxyl groups excluding tert-OH is 2. The zero-order valence-corrected chi connectivity index (χ0v) is 22.1. The van der Waals surface area contributed by atoms with Crippen LogP contribution in [0.5, 0.6) is 5.75 Å². The predicted octanol–water partition coefficient (Wildman–Crippen LogP) is 1.79. The molecule has 0 radical (unpaired) electrons. The average Bonchev–Trinajstić information content (AvgIpc) is 3.39. The first-order valence-corrected chi connectivity index (χ1v) is 13.4. The quantitative estimate of drug-likeness (QED) is 0.321. The van der Waals surface area contributed by atoms with Gasteiger partial charge in [-0.25, -0.2) is 0 Å². The smallest absolute Gasteiger partial charge is 0.258 e. The van der Waals surface area contributed by atoms with Crippen molar-refractivity contribution in [1.82, 2.24) is 15.0 Å². The maximum absolute atomic E-state index is 14.0. The van der Waals surface area contributed by atoms with Gasteiger partial charge in [0, 0.05) is 30.1 Å². The Morgan fingerprint density at radius 1 is 1.12 bits per heavy atom. The largest absolute Gasteiger partial charge is 0.510 e. The number of ether oxygens (including phenoxy) is 1. The van der Waals surface area contributed by atoms with E-state index in [0.29, 0.717) is 43.3 Å². The molecule has 4 aliphatic rings. The number of aromatic hydroxyl groups is 1. The number of rotatable bonds is 4. The lowest BCUT2D eigenvalue weighted by molar-refractivity contribution is -0.138. The lowest BCUT2D eigenvalue weighted by Crippen LogP contribution is -2.58. The molecular weight excluding hydrogens is 520 g/mol. The van der Waals surface area contributed by atoms with Gasteiger partial charge in [0.05, 0.1) is 30.7 Å². The number of allylic oxidation sites excluding steroid dienone is 1. The number of primary amides is 1. The Kier molecular flexibility index (Phi) is 6.26. The summed E-state index contributed by atoms with van der Waals surface area (Å²) in [4.78, 5) is 46.1. The molecule has 5 N–H and O–H groups in total. The first kappa shape index (κ1) is 26.2. The fourth-order valence-corrected chi connectivity index (χ4v) is 6.72. The zero-order valence-electron chi connectivity index (χ0n) is 22.1. The number of hydrogen-bond acceptors (Lipinski definition) is 11. The van der Waals surface area contributed by atoms with Gasteiger partial charge in [0.2, 0.25) is 0 Å². The zero-order chi connectivity index (χ0) is 28.5. The van der Waals surface area contributed by atoms with Crippen LogP contribution in [0.15, 0.2) is 33.6 Å². The van der Waals surface area contributed by atoms with Crippen LogP contribution >= 0.6 is 0 Å². The van der Waals surface area contributed by atoms with Crippen molar-refractivity contribution < 1.29 is 39.0 Å². The molecule has 2 heterocycles. The molecule has 1 aromatic heterocycles. The van der Waals surface area contributed by atoms with Crippen molar-refractivity contribution >= 4 is 23.2 Å². The van der Waals surface area contributed by atoms with Crippen molar-refractivity contribution in [3.05, 3.63) is 46.0 Å². The molecular formula is C28H30N4O8. The Balaban J connectivity index is 1.48. The number of amides is 1. The minimum absolute atomic E-state index is 0.0187. The standard InChI is InChI=1S/C28H30N4O8/c1-11(2)27-30-28(40-31-27)13-3-4-16(33)18-14(13)9-12-10-15-19(23(35)17(12)22(18)34)24(36)20(26(29)38)25(37)21(15)32-5-7-39-8-6-32/h3-4,11-12,15,19,21,33-34,37H,5-10H2,1-2H3,(H2,29,38)/t12-,15+,19?,21+/m0/s1. The number of Topliss-reactive ketones (excluding diaryl/α,β-unsaturated/α-hetero) is 2. The van der Waals surface area contributed by atoms with Crippen molar-refractivity contribution in [2.75, 3.05) is 26.3 Å². The van der Waals surface area contributed by atoms with Gasteiger partial charge in [0.15, 0.2) is 17.4 Å². The highest BCUT2D eigenvalue weighted by Crippen LogP contribution is 2.51. The van der Waals surface area contributed by atoms with E-state index in [4.69, 9.17) is 15.0 Å². The Labute approximate surface area is 229 Å². The van der Waals surface area contributed by atoms with Gasteiger partial charge in [0.1, 0.15) is 22.8 Å². The molecule has 1 saturated carbocycles. The second-order valence-corrected chi connectivity index (χ2v) is 11.1. The molecule has 1 saturated heterocycles. The molecule has 1 unspecified atom stereocenters. The number of benzene rings is 1. The highest BCUT2D eigenvalue weighted by atomic mass is 16.5. The number of phenolic OH excluding ortho intramolecular Hbond substituents is 1. The normalized spacial score (nSPS) is 27.1. The van der Waals surface area contributed by atoms with Crippen molar-refractivity contribution in [2.45, 2.75) is 38.6 Å². The summed E-state index contributed by atoms with van der Waals surface area (Å²) >= 11 is 0. The number of aliphatic hydroxyl groups is 2. The monoisotopic (exact) mass is 550 g/mol. The molecule has 2 fully saturated rings. The molecule has 1 aromatic carbocycles. The Morgan fingerprint density at radius 2 is 1.85 bits per heavy atom. The van der Waals surface area contributed by atoms with Gasteiger partial charge in [-0.3, -0.25) is 19.3 Å². The Morgan fingerprint density at radius 3 is 2.50 bits per heavy atom. The topological polar surface area (TPSA) is 189 Å². The Bertz CT molecular complexity index is 1500. The van der Waals surface area contributed by atoms with Crippen molar-refractivity contribution in [3.63, 3.8) is 0 Å². The molecule has 2 aromatic rings. The fourth-order valence-electron chi connectivity index (χ4n) is 6.72. The fraction of sp³-hybridized carbons (Fsp3) is 0.464. The number of hydrogen-bond donors (Lipinski definition) is 4. The predicted molar refractivity (Wildman–Crippen MR) is 139 cm³/mol. The van der Waals surface area contributed by atoms with Crippen molar-refractivity contribution in [2.24, 2.45) is 23.5 Å². The SMILES string of the molecule is CC(C)c1noc(-c2ccc(O)c3c2C[C@H]2C[C@@H]4C(C(=O)C(C(N)=O)=C(O)[C@@H]4N4CCOCC4)C(=O)C2=C3O)n1. The second kappa shape index (κ2) is 9.56. The number of fused-ring (bicyclic) bond motifs is 3. The van der Waals surface area contributed by atoms with Crippen LogP contribution in [0.2, 0.25) is 0 Å². The number of aromatic nitrogens is 2. The van der Waals surface area contributed by atoms with Crippen LogP contribution in [-0.4, -0.2) is 80.2 Å². The number of nitrogens with zero attached hydrogens (tertiary/aromatic N) is 3.